The first kappa shape index (κ1) is 32.1. The summed E-state index contributed by atoms with van der Waals surface area (Å²) in [4.78, 5) is 26.7. The number of nitrogens with zero attached hydrogens (tertiary/aromatic N) is 2. The number of amides is 1. The zero-order valence-electron chi connectivity index (χ0n) is 23.7. The van der Waals surface area contributed by atoms with E-state index in [1.807, 2.05) is 0 Å². The third kappa shape index (κ3) is 7.21. The Balaban J connectivity index is 1.53. The molecule has 3 aromatic rings. The molecule has 0 bridgehead atoms. The van der Waals surface area contributed by atoms with E-state index in [0.29, 0.717) is 35.0 Å². The van der Waals surface area contributed by atoms with Crippen LogP contribution in [0.4, 0.5) is 8.78 Å². The van der Waals surface area contributed by atoms with E-state index in [1.54, 1.807) is 48.9 Å². The van der Waals surface area contributed by atoms with Gasteiger partial charge in [-0.05, 0) is 32.0 Å². The fourth-order valence-electron chi connectivity index (χ4n) is 5.08. The Kier molecular flexibility index (Phi) is 10.4. The van der Waals surface area contributed by atoms with Gasteiger partial charge in [0, 0.05) is 54.4 Å². The number of carbonyl (C=O) groups is 2. The first-order valence-electron chi connectivity index (χ1n) is 13.7. The average molecular weight is 626 g/mol. The Labute approximate surface area is 248 Å². The number of ether oxygens (including phenoxy) is 1. The van der Waals surface area contributed by atoms with Gasteiger partial charge >= 0.3 is 0 Å². The largest absolute Gasteiger partial charge is 0.483 e. The number of aliphatic hydroxyl groups excluding tert-OH is 1. The Morgan fingerprint density at radius 2 is 2.02 bits per heavy atom. The Bertz CT molecular complexity index is 1500. The molecule has 1 aromatic heterocycles. The summed E-state index contributed by atoms with van der Waals surface area (Å²) < 4.78 is 54.5. The number of hydrogen-bond donors (Lipinski definition) is 2. The highest BCUT2D eigenvalue weighted by atomic mass is 35.5. The molecule has 1 aliphatic heterocycles. The number of aromatic nitrogens is 1. The molecule has 228 valence electrons. The molecule has 1 amide bonds. The van der Waals surface area contributed by atoms with Gasteiger partial charge in [0.25, 0.3) is 0 Å². The molecule has 0 aliphatic carbocycles. The summed E-state index contributed by atoms with van der Waals surface area (Å²) in [5.74, 6) is -0.995. The van der Waals surface area contributed by atoms with Gasteiger partial charge in [-0.1, -0.05) is 30.7 Å². The third-order valence-corrected chi connectivity index (χ3v) is 9.83. The lowest BCUT2D eigenvalue weighted by Crippen LogP contribution is -2.49. The van der Waals surface area contributed by atoms with E-state index in [1.165, 1.54) is 24.0 Å². The highest BCUT2D eigenvalue weighted by molar-refractivity contribution is 7.58. The standard InChI is InChI=1S/C29H35ClF2N3O6P/c1-4-41-42(39,5-2)17-40-21-9-10-22-23(18(3)36)15-34(25(22)12-21)16-27(37)35-14-20(31)11-26(35)29(38)33-13-19-7-6-8-24(30)28(19)32/h6-10,12,15,20,26-27,37H,4-5,11,13-14,16-17H2,1-3H3,(H,33,38)/t20-,26+,27?,42?/m1/s1. The lowest BCUT2D eigenvalue weighted by Gasteiger charge is -2.29. The highest BCUT2D eigenvalue weighted by Crippen LogP contribution is 2.46. The van der Waals surface area contributed by atoms with Crippen molar-refractivity contribution >= 4 is 41.6 Å². The van der Waals surface area contributed by atoms with Crippen molar-refractivity contribution in [1.82, 2.24) is 14.8 Å². The highest BCUT2D eigenvalue weighted by Gasteiger charge is 2.40. The topological polar surface area (TPSA) is 110 Å². The second kappa shape index (κ2) is 13.7. The number of carbonyl (C=O) groups excluding carboxylic acids is 2. The van der Waals surface area contributed by atoms with Crippen LogP contribution in [0, 0.1) is 5.82 Å². The predicted molar refractivity (Wildman–Crippen MR) is 156 cm³/mol. The Hall–Kier alpha value is -2.82. The van der Waals surface area contributed by atoms with E-state index < -0.39 is 37.5 Å². The summed E-state index contributed by atoms with van der Waals surface area (Å²) in [6.45, 7) is 4.83. The van der Waals surface area contributed by atoms with Crippen molar-refractivity contribution in [2.75, 3.05) is 25.7 Å². The van der Waals surface area contributed by atoms with Gasteiger partial charge in [0.15, 0.2) is 12.1 Å². The maximum atomic E-state index is 14.5. The molecule has 9 nitrogen and oxygen atoms in total. The predicted octanol–water partition coefficient (Wildman–Crippen LogP) is 5.35. The van der Waals surface area contributed by atoms with Gasteiger partial charge in [-0.3, -0.25) is 19.1 Å². The summed E-state index contributed by atoms with van der Waals surface area (Å²) in [6, 6.07) is 8.50. The van der Waals surface area contributed by atoms with Crippen LogP contribution in [0.2, 0.25) is 5.02 Å². The van der Waals surface area contributed by atoms with Crippen molar-refractivity contribution < 1.29 is 37.3 Å². The van der Waals surface area contributed by atoms with Gasteiger partial charge in [0.05, 0.1) is 29.7 Å². The normalized spacial score (nSPS) is 19.5. The molecule has 4 atom stereocenters. The van der Waals surface area contributed by atoms with E-state index >= 15 is 0 Å². The molecule has 2 aromatic carbocycles. The quantitative estimate of drug-likeness (QED) is 0.195. The minimum atomic E-state index is -2.97. The van der Waals surface area contributed by atoms with E-state index in [-0.39, 0.29) is 48.8 Å². The fraction of sp³-hybridized carbons (Fsp3) is 0.448. The number of likely N-dealkylation sites (tertiary alicyclic amines) is 1. The molecule has 0 spiro atoms. The molecule has 0 saturated carbocycles. The molecule has 0 radical (unpaired) electrons. The molecule has 1 saturated heterocycles. The summed E-state index contributed by atoms with van der Waals surface area (Å²) in [5, 5.41) is 14.4. The van der Waals surface area contributed by atoms with Crippen LogP contribution in [0.1, 0.15) is 43.1 Å². The van der Waals surface area contributed by atoms with Gasteiger partial charge in [-0.25, -0.2) is 8.78 Å². The summed E-state index contributed by atoms with van der Waals surface area (Å²) >= 11 is 5.82. The average Bonchev–Trinajstić information content (AvgIpc) is 3.53. The molecule has 2 heterocycles. The zero-order valence-corrected chi connectivity index (χ0v) is 25.3. The van der Waals surface area contributed by atoms with Gasteiger partial charge in [0.1, 0.15) is 24.0 Å². The molecule has 2 N–H and O–H groups in total. The van der Waals surface area contributed by atoms with Crippen molar-refractivity contribution in [3.8, 4) is 5.75 Å². The summed E-state index contributed by atoms with van der Waals surface area (Å²) in [6.07, 6.45) is -0.991. The van der Waals surface area contributed by atoms with Crippen molar-refractivity contribution in [1.29, 1.82) is 0 Å². The third-order valence-electron chi connectivity index (χ3n) is 7.33. The monoisotopic (exact) mass is 625 g/mol. The first-order valence-corrected chi connectivity index (χ1v) is 16.1. The number of fused-ring (bicyclic) bond motifs is 1. The summed E-state index contributed by atoms with van der Waals surface area (Å²) in [7, 11) is -2.97. The second-order valence-corrected chi connectivity index (χ2v) is 13.4. The summed E-state index contributed by atoms with van der Waals surface area (Å²) in [5.41, 5.74) is 1.16. The van der Waals surface area contributed by atoms with Crippen molar-refractivity contribution in [3.63, 3.8) is 0 Å². The number of ketones is 1. The molecule has 13 heteroatoms. The minimum absolute atomic E-state index is 0.0745. The van der Waals surface area contributed by atoms with Crippen LogP contribution >= 0.6 is 19.0 Å². The smallest absolute Gasteiger partial charge is 0.239 e. The Morgan fingerprint density at radius 3 is 2.71 bits per heavy atom. The van der Waals surface area contributed by atoms with E-state index in [9.17, 15) is 28.0 Å². The SMILES string of the molecule is CCOP(=O)(CC)COc1ccc2c(C(C)=O)cn(CC(O)N3C[C@H](F)C[C@H]3C(=O)NCc3cccc(Cl)c3F)c2c1. The van der Waals surface area contributed by atoms with Crippen molar-refractivity contribution in [2.24, 2.45) is 0 Å². The lowest BCUT2D eigenvalue weighted by atomic mass is 10.1. The van der Waals surface area contributed by atoms with Crippen molar-refractivity contribution in [3.05, 3.63) is 64.6 Å². The molecule has 4 rings (SSSR count). The Morgan fingerprint density at radius 1 is 1.26 bits per heavy atom. The van der Waals surface area contributed by atoms with Crippen LogP contribution in [-0.4, -0.2) is 70.4 Å². The number of hydrogen-bond acceptors (Lipinski definition) is 7. The van der Waals surface area contributed by atoms with Crippen LogP contribution in [0.3, 0.4) is 0 Å². The maximum absolute atomic E-state index is 14.5. The van der Waals surface area contributed by atoms with E-state index in [0.717, 1.165) is 0 Å². The number of rotatable bonds is 13. The number of benzene rings is 2. The van der Waals surface area contributed by atoms with Crippen LogP contribution in [0.5, 0.6) is 5.75 Å². The fourth-order valence-corrected chi connectivity index (χ4v) is 6.53. The first-order chi connectivity index (χ1) is 20.0. The van der Waals surface area contributed by atoms with Crippen molar-refractivity contribution in [2.45, 2.75) is 58.7 Å². The van der Waals surface area contributed by atoms with Gasteiger partial charge in [-0.15, -0.1) is 0 Å². The number of aliphatic hydroxyl groups is 1. The van der Waals surface area contributed by atoms with Crippen LogP contribution in [-0.2, 0) is 27.0 Å². The molecular weight excluding hydrogens is 591 g/mol. The molecule has 1 aliphatic rings. The van der Waals surface area contributed by atoms with Gasteiger partial charge in [-0.2, -0.15) is 0 Å². The second-order valence-electron chi connectivity index (χ2n) is 10.2. The molecule has 2 unspecified atom stereocenters. The maximum Gasteiger partial charge on any atom is 0.239 e. The molecular formula is C29H35ClF2N3O6P. The number of alkyl halides is 1. The van der Waals surface area contributed by atoms with Gasteiger partial charge < -0.3 is 24.3 Å². The van der Waals surface area contributed by atoms with Crippen LogP contribution in [0.25, 0.3) is 10.9 Å². The van der Waals surface area contributed by atoms with E-state index in [2.05, 4.69) is 5.32 Å². The van der Waals surface area contributed by atoms with Crippen LogP contribution < -0.4 is 10.1 Å². The number of Topliss-reactive ketones (excluding diaryl/α,β-unsaturated/α-hetero) is 1. The lowest BCUT2D eigenvalue weighted by molar-refractivity contribution is -0.130. The number of halogens is 3. The van der Waals surface area contributed by atoms with E-state index in [4.69, 9.17) is 20.9 Å². The zero-order chi connectivity index (χ0) is 30.6. The van der Waals surface area contributed by atoms with Gasteiger partial charge in [0.2, 0.25) is 13.3 Å². The number of nitrogens with one attached hydrogen (secondary N) is 1. The molecule has 42 heavy (non-hydrogen) atoms. The molecule has 1 fully saturated rings. The minimum Gasteiger partial charge on any atom is -0.483 e. The van der Waals surface area contributed by atoms with Crippen LogP contribution in [0.15, 0.2) is 42.6 Å².